The molecule has 110 valence electrons. The highest BCUT2D eigenvalue weighted by Gasteiger charge is 2.16. The molecule has 3 rings (SSSR count). The minimum Gasteiger partial charge on any atom is -0.507 e. The molecule has 1 saturated heterocycles. The monoisotopic (exact) mass is 288 g/mol. The summed E-state index contributed by atoms with van der Waals surface area (Å²) >= 11 is 0. The molecule has 7 heteroatoms. The second-order valence-corrected chi connectivity index (χ2v) is 5.00. The van der Waals surface area contributed by atoms with Crippen LogP contribution < -0.4 is 16.0 Å². The lowest BCUT2D eigenvalue weighted by Gasteiger charge is -2.30. The number of nitrogen functional groups attached to an aromatic ring is 1. The number of carboxylic acids is 1. The Hall–Kier alpha value is -2.54. The zero-order valence-corrected chi connectivity index (χ0v) is 11.3. The number of aromatic nitrogens is 1. The Morgan fingerprint density at radius 1 is 1.29 bits per heavy atom. The zero-order chi connectivity index (χ0) is 15.0. The maximum atomic E-state index is 11.0. The van der Waals surface area contributed by atoms with Crippen molar-refractivity contribution < 1.29 is 15.0 Å². The Kier molecular flexibility index (Phi) is 3.26. The van der Waals surface area contributed by atoms with Crippen LogP contribution in [0.3, 0.4) is 0 Å². The lowest BCUT2D eigenvalue weighted by molar-refractivity contribution is 0.0690. The number of piperazine rings is 1. The van der Waals surface area contributed by atoms with E-state index >= 15 is 0 Å². The molecule has 21 heavy (non-hydrogen) atoms. The standard InChI is InChI=1S/C14H16N4O3/c15-10-6-8(18-3-1-16-2-4-18)5-9-12(19)7-11(14(20)21)17-13(9)10/h5-7,16H,1-4,15H2,(H,17,19)(H,20,21). The molecule has 1 aromatic heterocycles. The summed E-state index contributed by atoms with van der Waals surface area (Å²) < 4.78 is 0. The van der Waals surface area contributed by atoms with E-state index in [1.165, 1.54) is 0 Å². The number of aromatic hydroxyl groups is 1. The maximum Gasteiger partial charge on any atom is 0.354 e. The molecule has 0 spiro atoms. The number of carboxylic acid groups (broad SMARTS) is 1. The highest BCUT2D eigenvalue weighted by Crippen LogP contribution is 2.33. The number of hydrogen-bond acceptors (Lipinski definition) is 6. The first-order valence-electron chi connectivity index (χ1n) is 6.68. The average Bonchev–Trinajstić information content (AvgIpc) is 2.48. The molecule has 0 unspecified atom stereocenters. The van der Waals surface area contributed by atoms with E-state index in [0.29, 0.717) is 16.6 Å². The largest absolute Gasteiger partial charge is 0.507 e. The van der Waals surface area contributed by atoms with Crippen LogP contribution in [0.25, 0.3) is 10.9 Å². The number of benzene rings is 1. The van der Waals surface area contributed by atoms with Crippen molar-refractivity contribution in [3.05, 3.63) is 23.9 Å². The summed E-state index contributed by atoms with van der Waals surface area (Å²) in [7, 11) is 0. The first-order valence-corrected chi connectivity index (χ1v) is 6.68. The lowest BCUT2D eigenvalue weighted by atomic mass is 10.1. The van der Waals surface area contributed by atoms with Crippen LogP contribution in [0.1, 0.15) is 10.5 Å². The van der Waals surface area contributed by atoms with Gasteiger partial charge in [0.25, 0.3) is 0 Å². The van der Waals surface area contributed by atoms with Gasteiger partial charge in [-0.3, -0.25) is 0 Å². The fourth-order valence-corrected chi connectivity index (χ4v) is 2.54. The van der Waals surface area contributed by atoms with Gasteiger partial charge in [-0.1, -0.05) is 0 Å². The Morgan fingerprint density at radius 3 is 2.67 bits per heavy atom. The maximum absolute atomic E-state index is 11.0. The van der Waals surface area contributed by atoms with Gasteiger partial charge in [-0.05, 0) is 12.1 Å². The molecule has 1 aromatic carbocycles. The minimum atomic E-state index is -1.20. The van der Waals surface area contributed by atoms with Crippen LogP contribution in [0, 0.1) is 0 Å². The van der Waals surface area contributed by atoms with Gasteiger partial charge in [0.05, 0.1) is 11.2 Å². The normalized spacial score (nSPS) is 15.3. The van der Waals surface area contributed by atoms with Crippen molar-refractivity contribution in [2.24, 2.45) is 0 Å². The van der Waals surface area contributed by atoms with Gasteiger partial charge in [0, 0.05) is 43.3 Å². The van der Waals surface area contributed by atoms with Crippen LogP contribution in [0.15, 0.2) is 18.2 Å². The number of aromatic carboxylic acids is 1. The van der Waals surface area contributed by atoms with E-state index in [9.17, 15) is 9.90 Å². The molecular formula is C14H16N4O3. The molecule has 0 saturated carbocycles. The Labute approximate surface area is 121 Å². The van der Waals surface area contributed by atoms with Crippen LogP contribution in [0.5, 0.6) is 5.75 Å². The average molecular weight is 288 g/mol. The van der Waals surface area contributed by atoms with Gasteiger partial charge in [0.15, 0.2) is 5.69 Å². The highest BCUT2D eigenvalue weighted by molar-refractivity contribution is 5.99. The van der Waals surface area contributed by atoms with Gasteiger partial charge in [-0.15, -0.1) is 0 Å². The van der Waals surface area contributed by atoms with E-state index in [1.54, 1.807) is 12.1 Å². The van der Waals surface area contributed by atoms with Crippen molar-refractivity contribution in [1.82, 2.24) is 10.3 Å². The van der Waals surface area contributed by atoms with Crippen molar-refractivity contribution in [3.63, 3.8) is 0 Å². The van der Waals surface area contributed by atoms with Crippen LogP contribution >= 0.6 is 0 Å². The van der Waals surface area contributed by atoms with E-state index in [1.807, 2.05) is 0 Å². The van der Waals surface area contributed by atoms with Crippen LogP contribution in [-0.4, -0.2) is 47.3 Å². The molecule has 0 amide bonds. The Bertz CT molecular complexity index is 711. The van der Waals surface area contributed by atoms with Crippen molar-refractivity contribution in [2.75, 3.05) is 36.8 Å². The molecule has 2 aromatic rings. The minimum absolute atomic E-state index is 0.124. The third-order valence-electron chi connectivity index (χ3n) is 3.61. The van der Waals surface area contributed by atoms with Gasteiger partial charge in [-0.25, -0.2) is 9.78 Å². The number of nitrogens with two attached hydrogens (primary N) is 1. The number of hydrogen-bond donors (Lipinski definition) is 4. The summed E-state index contributed by atoms with van der Waals surface area (Å²) in [4.78, 5) is 17.2. The second-order valence-electron chi connectivity index (χ2n) is 5.00. The zero-order valence-electron chi connectivity index (χ0n) is 11.3. The predicted molar refractivity (Wildman–Crippen MR) is 79.9 cm³/mol. The van der Waals surface area contributed by atoms with Crippen molar-refractivity contribution in [1.29, 1.82) is 0 Å². The summed E-state index contributed by atoms with van der Waals surface area (Å²) in [5.74, 6) is -1.32. The first-order chi connectivity index (χ1) is 10.1. The fraction of sp³-hybridized carbons (Fsp3) is 0.286. The van der Waals surface area contributed by atoms with Crippen molar-refractivity contribution in [3.8, 4) is 5.75 Å². The van der Waals surface area contributed by atoms with E-state index < -0.39 is 5.97 Å². The highest BCUT2D eigenvalue weighted by atomic mass is 16.4. The molecular weight excluding hydrogens is 272 g/mol. The molecule has 0 atom stereocenters. The third kappa shape index (κ3) is 2.43. The summed E-state index contributed by atoms with van der Waals surface area (Å²) in [6.45, 7) is 3.49. The quantitative estimate of drug-likeness (QED) is 0.600. The molecule has 1 aliphatic heterocycles. The summed E-state index contributed by atoms with van der Waals surface area (Å²) in [5, 5.41) is 22.8. The molecule has 5 N–H and O–H groups in total. The number of fused-ring (bicyclic) bond motifs is 1. The molecule has 0 bridgehead atoms. The number of nitrogens with zero attached hydrogens (tertiary/aromatic N) is 2. The summed E-state index contributed by atoms with van der Waals surface area (Å²) in [6, 6.07) is 4.71. The van der Waals surface area contributed by atoms with E-state index in [4.69, 9.17) is 10.8 Å². The van der Waals surface area contributed by atoms with Crippen LogP contribution in [0.4, 0.5) is 11.4 Å². The van der Waals surface area contributed by atoms with E-state index in [2.05, 4.69) is 15.2 Å². The first kappa shape index (κ1) is 13.4. The second kappa shape index (κ2) is 5.10. The summed E-state index contributed by atoms with van der Waals surface area (Å²) in [6.07, 6.45) is 0. The lowest BCUT2D eigenvalue weighted by Crippen LogP contribution is -2.43. The number of nitrogens with one attached hydrogen (secondary N) is 1. The van der Waals surface area contributed by atoms with Crippen molar-refractivity contribution in [2.45, 2.75) is 0 Å². The van der Waals surface area contributed by atoms with Gasteiger partial charge >= 0.3 is 5.97 Å². The fourth-order valence-electron chi connectivity index (χ4n) is 2.54. The van der Waals surface area contributed by atoms with Gasteiger partial charge < -0.3 is 26.2 Å². The number of rotatable bonds is 2. The van der Waals surface area contributed by atoms with E-state index in [-0.39, 0.29) is 11.4 Å². The molecule has 0 aliphatic carbocycles. The Morgan fingerprint density at radius 2 is 2.00 bits per heavy atom. The molecule has 1 aliphatic rings. The molecule has 2 heterocycles. The molecule has 1 fully saturated rings. The van der Waals surface area contributed by atoms with Crippen LogP contribution in [0.2, 0.25) is 0 Å². The predicted octanol–water partition coefficient (Wildman–Crippen LogP) is 0.630. The number of anilines is 2. The van der Waals surface area contributed by atoms with Gasteiger partial charge in [-0.2, -0.15) is 0 Å². The van der Waals surface area contributed by atoms with Gasteiger partial charge in [0.1, 0.15) is 5.75 Å². The third-order valence-corrected chi connectivity index (χ3v) is 3.61. The summed E-state index contributed by atoms with van der Waals surface area (Å²) in [5.41, 5.74) is 7.35. The van der Waals surface area contributed by atoms with Crippen molar-refractivity contribution >= 4 is 28.2 Å². The number of pyridine rings is 1. The molecule has 7 nitrogen and oxygen atoms in total. The number of carbonyl (C=O) groups is 1. The van der Waals surface area contributed by atoms with Gasteiger partial charge in [0.2, 0.25) is 0 Å². The Balaban J connectivity index is 2.13. The molecule has 0 radical (unpaired) electrons. The SMILES string of the molecule is Nc1cc(N2CCNCC2)cc2c(O)cc(C(=O)O)nc12. The smallest absolute Gasteiger partial charge is 0.354 e. The van der Waals surface area contributed by atoms with E-state index in [0.717, 1.165) is 37.9 Å². The topological polar surface area (TPSA) is 112 Å². The van der Waals surface area contributed by atoms with Crippen LogP contribution in [-0.2, 0) is 0 Å².